The molecule has 2 heterocycles. The summed E-state index contributed by atoms with van der Waals surface area (Å²) in [5, 5.41) is 4.01. The third kappa shape index (κ3) is 3.82. The summed E-state index contributed by atoms with van der Waals surface area (Å²) in [4.78, 5) is 17.4. The predicted octanol–water partition coefficient (Wildman–Crippen LogP) is 3.44. The van der Waals surface area contributed by atoms with Crippen LogP contribution in [0.1, 0.15) is 73.7 Å². The summed E-state index contributed by atoms with van der Waals surface area (Å²) >= 11 is 0. The van der Waals surface area contributed by atoms with E-state index in [1.807, 2.05) is 25.7 Å². The van der Waals surface area contributed by atoms with Crippen molar-refractivity contribution in [2.24, 2.45) is 5.92 Å². The molecule has 0 bridgehead atoms. The average Bonchev–Trinajstić information content (AvgIpc) is 2.98. The van der Waals surface area contributed by atoms with Gasteiger partial charge in [-0.15, -0.1) is 0 Å². The van der Waals surface area contributed by atoms with E-state index in [0.717, 1.165) is 37.9 Å². The smallest absolute Gasteiger partial charge is 0.259 e. The lowest BCUT2D eigenvalue weighted by atomic mass is 9.89. The topological polar surface area (TPSA) is 49.6 Å². The number of hydrogen-bond acceptors (Lipinski definition) is 4. The number of carbonyl (C=O) groups is 1. The highest BCUT2D eigenvalue weighted by atomic mass is 16.5. The van der Waals surface area contributed by atoms with Gasteiger partial charge < -0.3 is 9.42 Å². The fourth-order valence-corrected chi connectivity index (χ4v) is 4.07. The van der Waals surface area contributed by atoms with Crippen molar-refractivity contribution in [2.75, 3.05) is 32.7 Å². The second kappa shape index (κ2) is 7.68. The number of hydrogen-bond donors (Lipinski definition) is 0. The van der Waals surface area contributed by atoms with Gasteiger partial charge in [0.25, 0.3) is 5.91 Å². The van der Waals surface area contributed by atoms with Crippen LogP contribution in [0.2, 0.25) is 0 Å². The lowest BCUT2D eigenvalue weighted by Crippen LogP contribution is -2.50. The molecule has 1 aromatic rings. The second-order valence-corrected chi connectivity index (χ2v) is 7.76. The first kappa shape index (κ1) is 17.5. The quantitative estimate of drug-likeness (QED) is 0.847. The lowest BCUT2D eigenvalue weighted by Gasteiger charge is -2.37. The fourth-order valence-electron chi connectivity index (χ4n) is 4.07. The molecule has 1 saturated heterocycles. The molecule has 1 saturated carbocycles. The van der Waals surface area contributed by atoms with Crippen LogP contribution in [0.15, 0.2) is 4.52 Å². The average molecular weight is 333 g/mol. The Morgan fingerprint density at radius 1 is 1.17 bits per heavy atom. The molecule has 0 aromatic carbocycles. The van der Waals surface area contributed by atoms with Gasteiger partial charge in [-0.05, 0) is 25.7 Å². The standard InChI is InChI=1S/C19H31N3O2/c1-14(2)18-17(15(3)20-24-18)19(23)22-11-9-21(10-12-22)13-16-7-5-4-6-8-16/h14,16H,4-13H2,1-3H3. The molecule has 134 valence electrons. The number of carbonyl (C=O) groups excluding carboxylic acids is 1. The van der Waals surface area contributed by atoms with Crippen LogP contribution >= 0.6 is 0 Å². The van der Waals surface area contributed by atoms with Crippen molar-refractivity contribution in [3.8, 4) is 0 Å². The fraction of sp³-hybridized carbons (Fsp3) is 0.789. The molecule has 0 atom stereocenters. The molecular weight excluding hydrogens is 302 g/mol. The van der Waals surface area contributed by atoms with E-state index in [2.05, 4.69) is 10.1 Å². The third-order valence-electron chi connectivity index (χ3n) is 5.53. The molecule has 1 aliphatic carbocycles. The Morgan fingerprint density at radius 3 is 2.46 bits per heavy atom. The van der Waals surface area contributed by atoms with Gasteiger partial charge >= 0.3 is 0 Å². The van der Waals surface area contributed by atoms with Crippen LogP contribution in [0.5, 0.6) is 0 Å². The summed E-state index contributed by atoms with van der Waals surface area (Å²) in [6.07, 6.45) is 6.98. The van der Waals surface area contributed by atoms with Crippen LogP contribution in [0, 0.1) is 12.8 Å². The van der Waals surface area contributed by atoms with E-state index in [1.165, 1.54) is 38.6 Å². The number of piperazine rings is 1. The number of nitrogens with zero attached hydrogens (tertiary/aromatic N) is 3. The molecule has 1 amide bonds. The Balaban J connectivity index is 1.56. The zero-order valence-electron chi connectivity index (χ0n) is 15.4. The molecule has 2 aliphatic rings. The van der Waals surface area contributed by atoms with E-state index in [9.17, 15) is 4.79 Å². The number of aryl methyl sites for hydroxylation is 1. The van der Waals surface area contributed by atoms with Crippen molar-refractivity contribution in [3.05, 3.63) is 17.0 Å². The molecule has 1 aromatic heterocycles. The molecule has 0 radical (unpaired) electrons. The monoisotopic (exact) mass is 333 g/mol. The van der Waals surface area contributed by atoms with Crippen molar-refractivity contribution in [1.82, 2.24) is 15.0 Å². The Morgan fingerprint density at radius 2 is 1.83 bits per heavy atom. The van der Waals surface area contributed by atoms with Crippen molar-refractivity contribution in [3.63, 3.8) is 0 Å². The van der Waals surface area contributed by atoms with Crippen LogP contribution in [0.3, 0.4) is 0 Å². The molecule has 1 aliphatic heterocycles. The molecule has 3 rings (SSSR count). The third-order valence-corrected chi connectivity index (χ3v) is 5.53. The number of amides is 1. The minimum Gasteiger partial charge on any atom is -0.360 e. The van der Waals surface area contributed by atoms with Gasteiger partial charge in [0.1, 0.15) is 5.56 Å². The summed E-state index contributed by atoms with van der Waals surface area (Å²) in [7, 11) is 0. The second-order valence-electron chi connectivity index (χ2n) is 7.76. The normalized spacial score (nSPS) is 20.8. The van der Waals surface area contributed by atoms with Crippen LogP contribution < -0.4 is 0 Å². The van der Waals surface area contributed by atoms with Gasteiger partial charge in [-0.2, -0.15) is 0 Å². The van der Waals surface area contributed by atoms with Crippen molar-refractivity contribution in [2.45, 2.75) is 58.8 Å². The Kier molecular flexibility index (Phi) is 5.59. The van der Waals surface area contributed by atoms with Gasteiger partial charge in [-0.1, -0.05) is 38.3 Å². The number of aromatic nitrogens is 1. The van der Waals surface area contributed by atoms with Crippen LogP contribution in [0.4, 0.5) is 0 Å². The van der Waals surface area contributed by atoms with Gasteiger partial charge in [0, 0.05) is 38.6 Å². The van der Waals surface area contributed by atoms with Crippen LogP contribution in [-0.2, 0) is 0 Å². The predicted molar refractivity (Wildman–Crippen MR) is 94.2 cm³/mol. The lowest BCUT2D eigenvalue weighted by molar-refractivity contribution is 0.0603. The SMILES string of the molecule is Cc1noc(C(C)C)c1C(=O)N1CCN(CC2CCCCC2)CC1. The van der Waals surface area contributed by atoms with Gasteiger partial charge in [-0.25, -0.2) is 0 Å². The van der Waals surface area contributed by atoms with Crippen molar-refractivity contribution in [1.29, 1.82) is 0 Å². The summed E-state index contributed by atoms with van der Waals surface area (Å²) < 4.78 is 5.38. The van der Waals surface area contributed by atoms with E-state index < -0.39 is 0 Å². The Labute approximate surface area is 145 Å². The Hall–Kier alpha value is -1.36. The summed E-state index contributed by atoms with van der Waals surface area (Å²) in [6.45, 7) is 10.8. The summed E-state index contributed by atoms with van der Waals surface area (Å²) in [5.74, 6) is 1.86. The van der Waals surface area contributed by atoms with Crippen molar-refractivity contribution >= 4 is 5.91 Å². The number of rotatable bonds is 4. The van der Waals surface area contributed by atoms with E-state index >= 15 is 0 Å². The first-order valence-corrected chi connectivity index (χ1v) is 9.54. The first-order valence-electron chi connectivity index (χ1n) is 9.54. The van der Waals surface area contributed by atoms with Gasteiger partial charge in [0.15, 0.2) is 5.76 Å². The zero-order chi connectivity index (χ0) is 17.1. The van der Waals surface area contributed by atoms with E-state index in [1.54, 1.807) is 0 Å². The zero-order valence-corrected chi connectivity index (χ0v) is 15.4. The van der Waals surface area contributed by atoms with Crippen LogP contribution in [0.25, 0.3) is 0 Å². The molecule has 5 nitrogen and oxygen atoms in total. The van der Waals surface area contributed by atoms with Crippen molar-refractivity contribution < 1.29 is 9.32 Å². The molecule has 0 unspecified atom stereocenters. The van der Waals surface area contributed by atoms with Gasteiger partial charge in [-0.3, -0.25) is 9.69 Å². The maximum atomic E-state index is 12.9. The maximum absolute atomic E-state index is 12.9. The minimum absolute atomic E-state index is 0.0924. The minimum atomic E-state index is 0.0924. The molecule has 0 N–H and O–H groups in total. The van der Waals surface area contributed by atoms with E-state index in [4.69, 9.17) is 4.52 Å². The highest BCUT2D eigenvalue weighted by molar-refractivity contribution is 5.96. The molecule has 2 fully saturated rings. The van der Waals surface area contributed by atoms with E-state index in [0.29, 0.717) is 11.3 Å². The first-order chi connectivity index (χ1) is 11.6. The molecular formula is C19H31N3O2. The molecule has 5 heteroatoms. The molecule has 24 heavy (non-hydrogen) atoms. The Bertz CT molecular complexity index is 553. The maximum Gasteiger partial charge on any atom is 0.259 e. The summed E-state index contributed by atoms with van der Waals surface area (Å²) in [6, 6.07) is 0. The highest BCUT2D eigenvalue weighted by Crippen LogP contribution is 2.26. The van der Waals surface area contributed by atoms with E-state index in [-0.39, 0.29) is 11.8 Å². The van der Waals surface area contributed by atoms with Gasteiger partial charge in [0.2, 0.25) is 0 Å². The van der Waals surface area contributed by atoms with Crippen LogP contribution in [-0.4, -0.2) is 53.6 Å². The highest BCUT2D eigenvalue weighted by Gasteiger charge is 2.29. The molecule has 0 spiro atoms. The summed E-state index contributed by atoms with van der Waals surface area (Å²) in [5.41, 5.74) is 1.40. The van der Waals surface area contributed by atoms with Gasteiger partial charge in [0.05, 0.1) is 5.69 Å². The largest absolute Gasteiger partial charge is 0.360 e.